The fraction of sp³-hybridized carbons (Fsp3) is 0.500. The van der Waals surface area contributed by atoms with Gasteiger partial charge in [-0.15, -0.1) is 0 Å². The number of nitrogens with two attached hydrogens (primary N) is 1. The first-order chi connectivity index (χ1) is 7.67. The zero-order valence-corrected chi connectivity index (χ0v) is 10.6. The molecule has 0 saturated carbocycles. The van der Waals surface area contributed by atoms with Gasteiger partial charge in [-0.05, 0) is 24.1 Å². The van der Waals surface area contributed by atoms with Gasteiger partial charge in [0.2, 0.25) is 0 Å². The van der Waals surface area contributed by atoms with E-state index in [9.17, 15) is 0 Å². The molecule has 4 heteroatoms. The molecule has 3 nitrogen and oxygen atoms in total. The summed E-state index contributed by atoms with van der Waals surface area (Å²) in [5, 5.41) is 9.26. The second kappa shape index (κ2) is 6.66. The molecule has 0 spiro atoms. The van der Waals surface area contributed by atoms with Gasteiger partial charge in [-0.1, -0.05) is 13.0 Å². The summed E-state index contributed by atoms with van der Waals surface area (Å²) < 4.78 is 5.10. The maximum absolute atomic E-state index is 8.80. The summed E-state index contributed by atoms with van der Waals surface area (Å²) in [6.45, 7) is 2.37. The van der Waals surface area contributed by atoms with Crippen molar-refractivity contribution in [2.75, 3.05) is 19.5 Å². The molecular formula is C12H19NO2S. The molecule has 16 heavy (non-hydrogen) atoms. The van der Waals surface area contributed by atoms with Gasteiger partial charge in [0.1, 0.15) is 5.75 Å². The molecule has 0 saturated heterocycles. The molecule has 0 aliphatic rings. The molecule has 0 radical (unpaired) electrons. The Hall–Kier alpha value is -0.870. The van der Waals surface area contributed by atoms with Gasteiger partial charge < -0.3 is 15.6 Å². The smallest absolute Gasteiger partial charge is 0.141 e. The van der Waals surface area contributed by atoms with Gasteiger partial charge in [-0.25, -0.2) is 0 Å². The van der Waals surface area contributed by atoms with Crippen molar-refractivity contribution >= 4 is 17.4 Å². The highest BCUT2D eigenvalue weighted by molar-refractivity contribution is 7.99. The molecule has 0 fully saturated rings. The van der Waals surface area contributed by atoms with E-state index in [0.29, 0.717) is 10.9 Å². The Morgan fingerprint density at radius 2 is 2.25 bits per heavy atom. The summed E-state index contributed by atoms with van der Waals surface area (Å²) in [6.07, 6.45) is 0.830. The Labute approximate surface area is 101 Å². The zero-order chi connectivity index (χ0) is 12.0. The lowest BCUT2D eigenvalue weighted by Crippen LogP contribution is -2.00. The van der Waals surface area contributed by atoms with E-state index in [-0.39, 0.29) is 6.61 Å². The molecule has 0 aromatic heterocycles. The highest BCUT2D eigenvalue weighted by atomic mass is 32.2. The van der Waals surface area contributed by atoms with Crippen LogP contribution in [0.15, 0.2) is 18.2 Å². The van der Waals surface area contributed by atoms with Crippen LogP contribution in [-0.4, -0.2) is 24.1 Å². The molecule has 0 aliphatic heterocycles. The second-order valence-corrected chi connectivity index (χ2v) is 5.14. The van der Waals surface area contributed by atoms with Crippen LogP contribution in [0.25, 0.3) is 0 Å². The molecule has 1 aromatic rings. The normalized spacial score (nSPS) is 12.4. The highest BCUT2D eigenvalue weighted by Gasteiger charge is 2.04. The van der Waals surface area contributed by atoms with Crippen molar-refractivity contribution in [2.45, 2.75) is 24.3 Å². The third-order valence-corrected chi connectivity index (χ3v) is 3.67. The van der Waals surface area contributed by atoms with Crippen LogP contribution in [0, 0.1) is 0 Å². The fourth-order valence-corrected chi connectivity index (χ4v) is 2.31. The van der Waals surface area contributed by atoms with Crippen molar-refractivity contribution in [2.24, 2.45) is 0 Å². The number of benzene rings is 1. The first kappa shape index (κ1) is 13.2. The van der Waals surface area contributed by atoms with E-state index >= 15 is 0 Å². The molecule has 90 valence electrons. The van der Waals surface area contributed by atoms with Crippen molar-refractivity contribution in [3.05, 3.63) is 23.8 Å². The molecule has 0 aliphatic carbocycles. The van der Waals surface area contributed by atoms with E-state index in [4.69, 9.17) is 15.6 Å². The SMILES string of the molecule is COc1ccc(CSC(C)CCO)cc1N. The first-order valence-electron chi connectivity index (χ1n) is 5.32. The number of thioether (sulfide) groups is 1. The predicted molar refractivity (Wildman–Crippen MR) is 69.9 cm³/mol. The van der Waals surface area contributed by atoms with Crippen molar-refractivity contribution in [1.29, 1.82) is 0 Å². The minimum atomic E-state index is 0.249. The number of aliphatic hydroxyl groups excluding tert-OH is 1. The van der Waals surface area contributed by atoms with E-state index < -0.39 is 0 Å². The highest BCUT2D eigenvalue weighted by Crippen LogP contribution is 2.26. The standard InChI is InChI=1S/C12H19NO2S/c1-9(5-6-14)16-8-10-3-4-12(15-2)11(13)7-10/h3-4,7,9,14H,5-6,8,13H2,1-2H3. The summed E-state index contributed by atoms with van der Waals surface area (Å²) >= 11 is 1.82. The lowest BCUT2D eigenvalue weighted by molar-refractivity contribution is 0.289. The minimum Gasteiger partial charge on any atom is -0.495 e. The van der Waals surface area contributed by atoms with Gasteiger partial charge in [0.05, 0.1) is 12.8 Å². The lowest BCUT2D eigenvalue weighted by atomic mass is 10.2. The van der Waals surface area contributed by atoms with Gasteiger partial charge in [0, 0.05) is 17.6 Å². The van der Waals surface area contributed by atoms with Crippen molar-refractivity contribution in [3.63, 3.8) is 0 Å². The fourth-order valence-electron chi connectivity index (χ4n) is 1.38. The van der Waals surface area contributed by atoms with Gasteiger partial charge in [-0.2, -0.15) is 11.8 Å². The minimum absolute atomic E-state index is 0.249. The molecule has 1 unspecified atom stereocenters. The lowest BCUT2D eigenvalue weighted by Gasteiger charge is -2.10. The van der Waals surface area contributed by atoms with Crippen molar-refractivity contribution < 1.29 is 9.84 Å². The molecule has 0 heterocycles. The quantitative estimate of drug-likeness (QED) is 0.750. The maximum atomic E-state index is 8.80. The van der Waals surface area contributed by atoms with E-state index in [1.165, 1.54) is 5.56 Å². The third-order valence-electron chi connectivity index (χ3n) is 2.36. The Balaban J connectivity index is 2.51. The molecule has 3 N–H and O–H groups in total. The molecule has 1 atom stereocenters. The molecular weight excluding hydrogens is 222 g/mol. The van der Waals surface area contributed by atoms with Crippen molar-refractivity contribution in [3.8, 4) is 5.75 Å². The summed E-state index contributed by atoms with van der Waals surface area (Å²) in [7, 11) is 1.61. The van der Waals surface area contributed by atoms with Gasteiger partial charge in [-0.3, -0.25) is 0 Å². The number of hydrogen-bond acceptors (Lipinski definition) is 4. The summed E-state index contributed by atoms with van der Waals surface area (Å²) in [5.74, 6) is 1.63. The second-order valence-electron chi connectivity index (χ2n) is 3.71. The van der Waals surface area contributed by atoms with E-state index in [2.05, 4.69) is 6.92 Å². The number of anilines is 1. The number of hydrogen-bond donors (Lipinski definition) is 2. The number of aliphatic hydroxyl groups is 1. The van der Waals surface area contributed by atoms with Crippen LogP contribution in [0.2, 0.25) is 0 Å². The van der Waals surface area contributed by atoms with Crippen LogP contribution in [0.4, 0.5) is 5.69 Å². The van der Waals surface area contributed by atoms with Crippen LogP contribution >= 0.6 is 11.8 Å². The number of rotatable bonds is 6. The van der Waals surface area contributed by atoms with Crippen LogP contribution in [-0.2, 0) is 5.75 Å². The van der Waals surface area contributed by atoms with Gasteiger partial charge >= 0.3 is 0 Å². The summed E-state index contributed by atoms with van der Waals surface area (Å²) in [5.41, 5.74) is 7.69. The van der Waals surface area contributed by atoms with E-state index in [0.717, 1.165) is 17.9 Å². The van der Waals surface area contributed by atoms with Crippen LogP contribution in [0.1, 0.15) is 18.9 Å². The van der Waals surface area contributed by atoms with E-state index in [1.807, 2.05) is 30.0 Å². The average molecular weight is 241 g/mol. The van der Waals surface area contributed by atoms with Crippen LogP contribution < -0.4 is 10.5 Å². The average Bonchev–Trinajstić information content (AvgIpc) is 2.27. The Morgan fingerprint density at radius 1 is 1.50 bits per heavy atom. The Bertz CT molecular complexity index is 331. The largest absolute Gasteiger partial charge is 0.495 e. The Morgan fingerprint density at radius 3 is 2.81 bits per heavy atom. The molecule has 1 rings (SSSR count). The molecule has 1 aromatic carbocycles. The third kappa shape index (κ3) is 3.94. The topological polar surface area (TPSA) is 55.5 Å². The number of ether oxygens (including phenoxy) is 1. The van der Waals surface area contributed by atoms with Gasteiger partial charge in [0.15, 0.2) is 0 Å². The number of nitrogen functional groups attached to an aromatic ring is 1. The van der Waals surface area contributed by atoms with E-state index in [1.54, 1.807) is 7.11 Å². The zero-order valence-electron chi connectivity index (χ0n) is 9.77. The van der Waals surface area contributed by atoms with Crippen molar-refractivity contribution in [1.82, 2.24) is 0 Å². The van der Waals surface area contributed by atoms with Crippen LogP contribution in [0.5, 0.6) is 5.75 Å². The summed E-state index contributed by atoms with van der Waals surface area (Å²) in [4.78, 5) is 0. The monoisotopic (exact) mass is 241 g/mol. The van der Waals surface area contributed by atoms with Crippen LogP contribution in [0.3, 0.4) is 0 Å². The number of methoxy groups -OCH3 is 1. The maximum Gasteiger partial charge on any atom is 0.141 e. The van der Waals surface area contributed by atoms with Gasteiger partial charge in [0.25, 0.3) is 0 Å². The molecule has 0 amide bonds. The predicted octanol–water partition coefficient (Wildman–Crippen LogP) is 2.28. The first-order valence-corrected chi connectivity index (χ1v) is 6.37. The Kier molecular flexibility index (Phi) is 5.49. The summed E-state index contributed by atoms with van der Waals surface area (Å²) in [6, 6.07) is 5.85. The molecule has 0 bridgehead atoms.